The lowest BCUT2D eigenvalue weighted by Crippen LogP contribution is -2.37. The van der Waals surface area contributed by atoms with Gasteiger partial charge in [-0.1, -0.05) is 19.1 Å². The Labute approximate surface area is 44.2 Å². The van der Waals surface area contributed by atoms with Gasteiger partial charge >= 0.3 is 0 Å². The van der Waals surface area contributed by atoms with Crippen molar-refractivity contribution >= 4 is 0 Å². The molecule has 0 amide bonds. The number of rotatable bonds is 0. The lowest BCUT2D eigenvalue weighted by molar-refractivity contribution is 0.144. The smallest absolute Gasteiger partial charge is 0.0144 e. The molecule has 0 radical (unpaired) electrons. The SMILES string of the molecule is CC1CC2C=CC12. The molecule has 1 saturated carbocycles. The van der Waals surface area contributed by atoms with E-state index in [0.29, 0.717) is 0 Å². The monoisotopic (exact) mass is 94.1 g/mol. The predicted molar refractivity (Wildman–Crippen MR) is 29.9 cm³/mol. The first-order valence-electron chi connectivity index (χ1n) is 3.06. The minimum absolute atomic E-state index is 1.000. The van der Waals surface area contributed by atoms with Crippen LogP contribution in [0.15, 0.2) is 12.2 Å². The summed E-state index contributed by atoms with van der Waals surface area (Å²) in [5.74, 6) is 3.02. The number of hydrogen-bond acceptors (Lipinski definition) is 0. The molecule has 0 spiro atoms. The first-order chi connectivity index (χ1) is 3.38. The third kappa shape index (κ3) is 0.287. The van der Waals surface area contributed by atoms with E-state index in [-0.39, 0.29) is 0 Å². The summed E-state index contributed by atoms with van der Waals surface area (Å²) >= 11 is 0. The maximum absolute atomic E-state index is 2.35. The van der Waals surface area contributed by atoms with E-state index in [2.05, 4.69) is 19.1 Å². The van der Waals surface area contributed by atoms with Gasteiger partial charge in [0.2, 0.25) is 0 Å². The minimum Gasteiger partial charge on any atom is -0.0845 e. The average molecular weight is 94.2 g/mol. The molecular weight excluding hydrogens is 84.1 g/mol. The fraction of sp³-hybridized carbons (Fsp3) is 0.714. The van der Waals surface area contributed by atoms with Crippen LogP contribution in [-0.2, 0) is 0 Å². The van der Waals surface area contributed by atoms with E-state index in [9.17, 15) is 0 Å². The molecule has 0 saturated heterocycles. The lowest BCUT2D eigenvalue weighted by atomic mass is 9.59. The molecule has 0 bridgehead atoms. The van der Waals surface area contributed by atoms with Crippen molar-refractivity contribution < 1.29 is 0 Å². The summed E-state index contributed by atoms with van der Waals surface area (Å²) < 4.78 is 0. The van der Waals surface area contributed by atoms with Crippen LogP contribution in [0.25, 0.3) is 0 Å². The quantitative estimate of drug-likeness (QED) is 0.402. The molecule has 2 aliphatic carbocycles. The van der Waals surface area contributed by atoms with E-state index in [1.54, 1.807) is 0 Å². The van der Waals surface area contributed by atoms with Gasteiger partial charge in [0.25, 0.3) is 0 Å². The van der Waals surface area contributed by atoms with Crippen molar-refractivity contribution in [3.05, 3.63) is 12.2 Å². The number of fused-ring (bicyclic) bond motifs is 1. The molecule has 0 aromatic rings. The van der Waals surface area contributed by atoms with E-state index in [0.717, 1.165) is 17.8 Å². The van der Waals surface area contributed by atoms with Gasteiger partial charge in [0.05, 0.1) is 0 Å². The zero-order valence-corrected chi connectivity index (χ0v) is 4.59. The Morgan fingerprint density at radius 2 is 2.29 bits per heavy atom. The molecule has 0 N–H and O–H groups in total. The second kappa shape index (κ2) is 0.936. The predicted octanol–water partition coefficient (Wildman–Crippen LogP) is 1.83. The van der Waals surface area contributed by atoms with Crippen LogP contribution in [0.1, 0.15) is 13.3 Å². The highest BCUT2D eigenvalue weighted by Gasteiger charge is 2.39. The first-order valence-corrected chi connectivity index (χ1v) is 3.06. The van der Waals surface area contributed by atoms with Crippen molar-refractivity contribution in [2.75, 3.05) is 0 Å². The van der Waals surface area contributed by atoms with Crippen LogP contribution in [0, 0.1) is 17.8 Å². The Hall–Kier alpha value is -0.260. The Balaban J connectivity index is 2.15. The van der Waals surface area contributed by atoms with Crippen LogP contribution in [0.2, 0.25) is 0 Å². The van der Waals surface area contributed by atoms with Crippen molar-refractivity contribution in [3.8, 4) is 0 Å². The summed E-state index contributed by atoms with van der Waals surface area (Å²) in [5, 5.41) is 0. The van der Waals surface area contributed by atoms with Crippen LogP contribution < -0.4 is 0 Å². The normalized spacial score (nSPS) is 54.7. The van der Waals surface area contributed by atoms with Crippen molar-refractivity contribution in [1.29, 1.82) is 0 Å². The molecule has 2 aliphatic rings. The van der Waals surface area contributed by atoms with E-state index < -0.39 is 0 Å². The second-order valence-corrected chi connectivity index (χ2v) is 2.84. The van der Waals surface area contributed by atoms with E-state index in [1.165, 1.54) is 6.42 Å². The molecule has 2 rings (SSSR count). The third-order valence-electron chi connectivity index (χ3n) is 2.38. The van der Waals surface area contributed by atoms with Crippen molar-refractivity contribution in [2.24, 2.45) is 17.8 Å². The summed E-state index contributed by atoms with van der Waals surface area (Å²) in [6.07, 6.45) is 6.14. The van der Waals surface area contributed by atoms with Gasteiger partial charge in [0, 0.05) is 0 Å². The van der Waals surface area contributed by atoms with E-state index in [4.69, 9.17) is 0 Å². The van der Waals surface area contributed by atoms with Gasteiger partial charge in [-0.3, -0.25) is 0 Å². The van der Waals surface area contributed by atoms with Crippen molar-refractivity contribution in [1.82, 2.24) is 0 Å². The molecule has 7 heavy (non-hydrogen) atoms. The number of allylic oxidation sites excluding steroid dienone is 2. The molecule has 0 aromatic carbocycles. The van der Waals surface area contributed by atoms with Crippen molar-refractivity contribution in [3.63, 3.8) is 0 Å². The molecule has 3 atom stereocenters. The van der Waals surface area contributed by atoms with Gasteiger partial charge in [-0.25, -0.2) is 0 Å². The average Bonchev–Trinajstić information content (AvgIpc) is 1.59. The third-order valence-corrected chi connectivity index (χ3v) is 2.38. The standard InChI is InChI=1S/C7H10/c1-5-4-6-2-3-7(5)6/h2-3,5-7H,4H2,1H3. The Bertz CT molecular complexity index is 113. The largest absolute Gasteiger partial charge is 0.0845 e. The molecular formula is C7H10. The minimum atomic E-state index is 1.000. The molecule has 0 heterocycles. The highest BCUT2D eigenvalue weighted by atomic mass is 14.4. The molecule has 3 unspecified atom stereocenters. The summed E-state index contributed by atoms with van der Waals surface area (Å²) in [7, 11) is 0. The van der Waals surface area contributed by atoms with Crippen LogP contribution >= 0.6 is 0 Å². The van der Waals surface area contributed by atoms with Crippen LogP contribution in [0.5, 0.6) is 0 Å². The lowest BCUT2D eigenvalue weighted by Gasteiger charge is -2.45. The van der Waals surface area contributed by atoms with E-state index >= 15 is 0 Å². The van der Waals surface area contributed by atoms with E-state index in [1.807, 2.05) is 0 Å². The summed E-state index contributed by atoms with van der Waals surface area (Å²) in [4.78, 5) is 0. The van der Waals surface area contributed by atoms with Gasteiger partial charge in [-0.15, -0.1) is 0 Å². The highest BCUT2D eigenvalue weighted by Crippen LogP contribution is 2.47. The zero-order valence-electron chi connectivity index (χ0n) is 4.59. The fourth-order valence-electron chi connectivity index (χ4n) is 1.63. The first kappa shape index (κ1) is 3.71. The van der Waals surface area contributed by atoms with Gasteiger partial charge in [0.1, 0.15) is 0 Å². The Kier molecular flexibility index (Phi) is 0.495. The van der Waals surface area contributed by atoms with Crippen LogP contribution in [0.4, 0.5) is 0 Å². The summed E-state index contributed by atoms with van der Waals surface area (Å²) in [6, 6.07) is 0. The zero-order chi connectivity index (χ0) is 4.85. The Morgan fingerprint density at radius 3 is 2.29 bits per heavy atom. The fourth-order valence-corrected chi connectivity index (χ4v) is 1.63. The molecule has 0 heteroatoms. The number of hydrogen-bond donors (Lipinski definition) is 0. The topological polar surface area (TPSA) is 0 Å². The maximum atomic E-state index is 2.35. The maximum Gasteiger partial charge on any atom is -0.0144 e. The molecule has 1 fully saturated rings. The van der Waals surface area contributed by atoms with Gasteiger partial charge < -0.3 is 0 Å². The molecule has 0 aliphatic heterocycles. The van der Waals surface area contributed by atoms with Crippen molar-refractivity contribution in [2.45, 2.75) is 13.3 Å². The van der Waals surface area contributed by atoms with Gasteiger partial charge in [-0.2, -0.15) is 0 Å². The molecule has 0 aromatic heterocycles. The van der Waals surface area contributed by atoms with Crippen LogP contribution in [-0.4, -0.2) is 0 Å². The van der Waals surface area contributed by atoms with Gasteiger partial charge in [-0.05, 0) is 24.2 Å². The molecule has 38 valence electrons. The second-order valence-electron chi connectivity index (χ2n) is 2.84. The summed E-state index contributed by atoms with van der Waals surface area (Å²) in [6.45, 7) is 2.34. The highest BCUT2D eigenvalue weighted by molar-refractivity contribution is 5.16. The van der Waals surface area contributed by atoms with Crippen LogP contribution in [0.3, 0.4) is 0 Å². The Morgan fingerprint density at radius 1 is 1.43 bits per heavy atom. The summed E-state index contributed by atoms with van der Waals surface area (Å²) in [5.41, 5.74) is 0. The van der Waals surface area contributed by atoms with Gasteiger partial charge in [0.15, 0.2) is 0 Å². The molecule has 0 nitrogen and oxygen atoms in total.